The molecule has 2 rings (SSSR count). The first-order valence-corrected chi connectivity index (χ1v) is 8.10. The Balaban J connectivity index is 1.98. The first-order chi connectivity index (χ1) is 12.3. The highest BCUT2D eigenvalue weighted by Crippen LogP contribution is 2.21. The number of halogens is 2. The molecule has 5 nitrogen and oxygen atoms in total. The van der Waals surface area contributed by atoms with Gasteiger partial charge in [-0.15, -0.1) is 0 Å². The lowest BCUT2D eigenvalue weighted by Gasteiger charge is -2.25. The SMILES string of the molecule is CC(=O)Nc1cccc(CNC(=O)N(C)C(C)c2ccc(F)c(F)c2)c1. The highest BCUT2D eigenvalue weighted by Gasteiger charge is 2.18. The molecule has 26 heavy (non-hydrogen) atoms. The van der Waals surface area contributed by atoms with Crippen LogP contribution in [0.2, 0.25) is 0 Å². The number of amides is 3. The average Bonchev–Trinajstić information content (AvgIpc) is 2.60. The van der Waals surface area contributed by atoms with E-state index in [0.717, 1.165) is 17.7 Å². The Morgan fingerprint density at radius 3 is 2.50 bits per heavy atom. The van der Waals surface area contributed by atoms with E-state index in [9.17, 15) is 18.4 Å². The molecule has 3 amide bonds. The van der Waals surface area contributed by atoms with Gasteiger partial charge >= 0.3 is 6.03 Å². The van der Waals surface area contributed by atoms with Crippen molar-refractivity contribution < 1.29 is 18.4 Å². The Labute approximate surface area is 151 Å². The zero-order valence-electron chi connectivity index (χ0n) is 14.8. The van der Waals surface area contributed by atoms with Gasteiger partial charge in [-0.3, -0.25) is 4.79 Å². The van der Waals surface area contributed by atoms with Crippen molar-refractivity contribution in [1.82, 2.24) is 10.2 Å². The summed E-state index contributed by atoms with van der Waals surface area (Å²) in [6.45, 7) is 3.41. The molecule has 0 saturated heterocycles. The molecule has 2 aromatic rings. The number of anilines is 1. The van der Waals surface area contributed by atoms with Crippen molar-refractivity contribution in [2.24, 2.45) is 0 Å². The maximum atomic E-state index is 13.4. The summed E-state index contributed by atoms with van der Waals surface area (Å²) < 4.78 is 26.4. The molecule has 2 aromatic carbocycles. The van der Waals surface area contributed by atoms with Gasteiger partial charge in [0.2, 0.25) is 5.91 Å². The van der Waals surface area contributed by atoms with Crippen LogP contribution in [-0.4, -0.2) is 23.9 Å². The molecule has 0 heterocycles. The molecule has 138 valence electrons. The van der Waals surface area contributed by atoms with Gasteiger partial charge < -0.3 is 15.5 Å². The molecular weight excluding hydrogens is 340 g/mol. The fourth-order valence-electron chi connectivity index (χ4n) is 2.44. The molecule has 0 aliphatic carbocycles. The van der Waals surface area contributed by atoms with Crippen molar-refractivity contribution in [2.75, 3.05) is 12.4 Å². The highest BCUT2D eigenvalue weighted by atomic mass is 19.2. The second kappa shape index (κ2) is 8.42. The third-order valence-electron chi connectivity index (χ3n) is 4.02. The predicted octanol–water partition coefficient (Wildman–Crippen LogP) is 3.83. The summed E-state index contributed by atoms with van der Waals surface area (Å²) in [6.07, 6.45) is 0. The Morgan fingerprint density at radius 1 is 1.12 bits per heavy atom. The van der Waals surface area contributed by atoms with E-state index in [1.165, 1.54) is 17.9 Å². The van der Waals surface area contributed by atoms with E-state index in [0.29, 0.717) is 11.3 Å². The van der Waals surface area contributed by atoms with Crippen LogP contribution in [0.25, 0.3) is 0 Å². The summed E-state index contributed by atoms with van der Waals surface area (Å²) >= 11 is 0. The number of hydrogen-bond donors (Lipinski definition) is 2. The predicted molar refractivity (Wildman–Crippen MR) is 95.5 cm³/mol. The number of benzene rings is 2. The van der Waals surface area contributed by atoms with Crippen molar-refractivity contribution in [3.63, 3.8) is 0 Å². The van der Waals surface area contributed by atoms with Crippen LogP contribution in [-0.2, 0) is 11.3 Å². The molecule has 0 aliphatic heterocycles. The molecule has 0 saturated carbocycles. The molecule has 0 bridgehead atoms. The molecule has 0 aromatic heterocycles. The molecule has 0 fully saturated rings. The fourth-order valence-corrected chi connectivity index (χ4v) is 2.44. The minimum Gasteiger partial charge on any atom is -0.334 e. The highest BCUT2D eigenvalue weighted by molar-refractivity contribution is 5.88. The molecular formula is C19H21F2N3O2. The average molecular weight is 361 g/mol. The lowest BCUT2D eigenvalue weighted by molar-refractivity contribution is -0.114. The third kappa shape index (κ3) is 5.02. The smallest absolute Gasteiger partial charge is 0.317 e. The molecule has 0 radical (unpaired) electrons. The zero-order valence-corrected chi connectivity index (χ0v) is 14.8. The molecule has 1 unspecified atom stereocenters. The zero-order chi connectivity index (χ0) is 19.3. The summed E-state index contributed by atoms with van der Waals surface area (Å²) in [5, 5.41) is 5.44. The van der Waals surface area contributed by atoms with E-state index in [4.69, 9.17) is 0 Å². The maximum Gasteiger partial charge on any atom is 0.317 e. The van der Waals surface area contributed by atoms with Gasteiger partial charge in [-0.05, 0) is 42.3 Å². The lowest BCUT2D eigenvalue weighted by Crippen LogP contribution is -2.38. The lowest BCUT2D eigenvalue weighted by atomic mass is 10.1. The molecule has 7 heteroatoms. The van der Waals surface area contributed by atoms with Crippen LogP contribution in [0.4, 0.5) is 19.3 Å². The van der Waals surface area contributed by atoms with Crippen LogP contribution in [0.1, 0.15) is 31.0 Å². The standard InChI is InChI=1S/C19H21F2N3O2/c1-12(15-7-8-17(20)18(21)10-15)24(3)19(26)22-11-14-5-4-6-16(9-14)23-13(2)25/h4-10,12H,11H2,1-3H3,(H,22,26)(H,23,25). The van der Waals surface area contributed by atoms with E-state index in [1.807, 2.05) is 6.07 Å². The van der Waals surface area contributed by atoms with Crippen molar-refractivity contribution in [3.05, 3.63) is 65.2 Å². The first kappa shape index (κ1) is 19.4. The number of carbonyl (C=O) groups excluding carboxylic acids is 2. The Morgan fingerprint density at radius 2 is 1.85 bits per heavy atom. The summed E-state index contributed by atoms with van der Waals surface area (Å²) in [7, 11) is 1.58. The van der Waals surface area contributed by atoms with Gasteiger partial charge in [0.15, 0.2) is 11.6 Å². The number of rotatable bonds is 5. The summed E-state index contributed by atoms with van der Waals surface area (Å²) in [5.41, 5.74) is 1.96. The van der Waals surface area contributed by atoms with Crippen LogP contribution in [0.3, 0.4) is 0 Å². The monoisotopic (exact) mass is 361 g/mol. The Hall–Kier alpha value is -2.96. The van der Waals surface area contributed by atoms with Gasteiger partial charge in [0.05, 0.1) is 6.04 Å². The number of hydrogen-bond acceptors (Lipinski definition) is 2. The summed E-state index contributed by atoms with van der Waals surface area (Å²) in [4.78, 5) is 24.8. The van der Waals surface area contributed by atoms with Crippen molar-refractivity contribution >= 4 is 17.6 Å². The van der Waals surface area contributed by atoms with Gasteiger partial charge in [-0.1, -0.05) is 18.2 Å². The van der Waals surface area contributed by atoms with Crippen LogP contribution in [0, 0.1) is 11.6 Å². The van der Waals surface area contributed by atoms with Crippen molar-refractivity contribution in [3.8, 4) is 0 Å². The Kier molecular flexibility index (Phi) is 6.27. The second-order valence-electron chi connectivity index (χ2n) is 6.00. The van der Waals surface area contributed by atoms with Crippen molar-refractivity contribution in [1.29, 1.82) is 0 Å². The summed E-state index contributed by atoms with van der Waals surface area (Å²) in [6, 6.07) is 9.91. The van der Waals surface area contributed by atoms with E-state index in [1.54, 1.807) is 32.2 Å². The fraction of sp³-hybridized carbons (Fsp3) is 0.263. The van der Waals surface area contributed by atoms with Crippen LogP contribution in [0.15, 0.2) is 42.5 Å². The van der Waals surface area contributed by atoms with Gasteiger partial charge in [-0.25, -0.2) is 13.6 Å². The van der Waals surface area contributed by atoms with E-state index in [-0.39, 0.29) is 18.5 Å². The molecule has 0 spiro atoms. The maximum absolute atomic E-state index is 13.4. The van der Waals surface area contributed by atoms with Gasteiger partial charge in [0, 0.05) is 26.2 Å². The van der Waals surface area contributed by atoms with Crippen LogP contribution in [0.5, 0.6) is 0 Å². The molecule has 0 aliphatic rings. The minimum atomic E-state index is -0.946. The van der Waals surface area contributed by atoms with Crippen molar-refractivity contribution in [2.45, 2.75) is 26.4 Å². The number of carbonyl (C=O) groups is 2. The van der Waals surface area contributed by atoms with Crippen LogP contribution < -0.4 is 10.6 Å². The van der Waals surface area contributed by atoms with Gasteiger partial charge in [0.1, 0.15) is 0 Å². The van der Waals surface area contributed by atoms with E-state index < -0.39 is 17.7 Å². The topological polar surface area (TPSA) is 61.4 Å². The Bertz CT molecular complexity index is 811. The number of urea groups is 1. The molecule has 2 N–H and O–H groups in total. The quantitative estimate of drug-likeness (QED) is 0.850. The van der Waals surface area contributed by atoms with Gasteiger partial charge in [0.25, 0.3) is 0 Å². The first-order valence-electron chi connectivity index (χ1n) is 8.10. The molecule has 1 atom stereocenters. The number of nitrogens with zero attached hydrogens (tertiary/aromatic N) is 1. The number of nitrogens with one attached hydrogen (secondary N) is 2. The summed E-state index contributed by atoms with van der Waals surface area (Å²) in [5.74, 6) is -2.05. The largest absolute Gasteiger partial charge is 0.334 e. The van der Waals surface area contributed by atoms with Gasteiger partial charge in [-0.2, -0.15) is 0 Å². The van der Waals surface area contributed by atoms with E-state index in [2.05, 4.69) is 10.6 Å². The second-order valence-corrected chi connectivity index (χ2v) is 6.00. The minimum absolute atomic E-state index is 0.175. The third-order valence-corrected chi connectivity index (χ3v) is 4.02. The normalized spacial score (nSPS) is 11.6. The van der Waals surface area contributed by atoms with Crippen LogP contribution >= 0.6 is 0 Å². The van der Waals surface area contributed by atoms with E-state index >= 15 is 0 Å².